The van der Waals surface area contributed by atoms with Gasteiger partial charge in [-0.2, -0.15) is 0 Å². The molecule has 0 aliphatic heterocycles. The number of phenolic OH excluding ortho intramolecular Hbond substituents is 1. The molecule has 0 saturated heterocycles. The molecular formula is C13H15NO4. The van der Waals surface area contributed by atoms with Gasteiger partial charge in [0.25, 0.3) is 5.56 Å². The lowest BCUT2D eigenvalue weighted by Gasteiger charge is -2.16. The zero-order chi connectivity index (χ0) is 13.1. The number of aromatic nitrogens is 1. The molecule has 1 aromatic carbocycles. The van der Waals surface area contributed by atoms with Crippen molar-refractivity contribution in [1.29, 1.82) is 0 Å². The lowest BCUT2D eigenvalue weighted by atomic mass is 10.2. The van der Waals surface area contributed by atoms with Gasteiger partial charge in [-0.05, 0) is 23.6 Å². The van der Waals surface area contributed by atoms with E-state index in [0.29, 0.717) is 5.52 Å². The lowest BCUT2D eigenvalue weighted by Crippen LogP contribution is -2.28. The number of phenols is 1. The van der Waals surface area contributed by atoms with Crippen LogP contribution in [0.15, 0.2) is 35.1 Å². The van der Waals surface area contributed by atoms with E-state index in [2.05, 4.69) is 0 Å². The first-order valence-electron chi connectivity index (χ1n) is 5.54. The third-order valence-electron chi connectivity index (χ3n) is 2.83. The Balaban J connectivity index is 2.56. The monoisotopic (exact) mass is 249 g/mol. The molecule has 0 aliphatic carbocycles. The van der Waals surface area contributed by atoms with Crippen molar-refractivity contribution < 1.29 is 14.6 Å². The Bertz CT molecular complexity index is 601. The number of benzene rings is 1. The maximum absolute atomic E-state index is 11.9. The first kappa shape index (κ1) is 12.6. The van der Waals surface area contributed by atoms with Gasteiger partial charge in [0.05, 0.1) is 12.1 Å². The van der Waals surface area contributed by atoms with Crippen LogP contribution in [0.4, 0.5) is 0 Å². The molecule has 1 aromatic heterocycles. The maximum atomic E-state index is 11.9. The van der Waals surface area contributed by atoms with Crippen LogP contribution in [0, 0.1) is 0 Å². The van der Waals surface area contributed by atoms with Gasteiger partial charge in [-0.15, -0.1) is 0 Å². The first-order chi connectivity index (χ1) is 8.65. The van der Waals surface area contributed by atoms with E-state index in [1.54, 1.807) is 24.3 Å². The molecule has 96 valence electrons. The lowest BCUT2D eigenvalue weighted by molar-refractivity contribution is -0.110. The van der Waals surface area contributed by atoms with Gasteiger partial charge in [-0.1, -0.05) is 0 Å². The summed E-state index contributed by atoms with van der Waals surface area (Å²) >= 11 is 0. The molecule has 5 nitrogen and oxygen atoms in total. The fourth-order valence-corrected chi connectivity index (χ4v) is 1.86. The molecule has 1 heterocycles. The smallest absolute Gasteiger partial charge is 0.251 e. The molecule has 0 unspecified atom stereocenters. The van der Waals surface area contributed by atoms with E-state index < -0.39 is 6.29 Å². The summed E-state index contributed by atoms with van der Waals surface area (Å²) < 4.78 is 11.7. The molecule has 0 spiro atoms. The van der Waals surface area contributed by atoms with Crippen LogP contribution in [0.1, 0.15) is 0 Å². The third kappa shape index (κ3) is 2.37. The summed E-state index contributed by atoms with van der Waals surface area (Å²) in [6, 6.07) is 8.11. The Morgan fingerprint density at radius 2 is 1.89 bits per heavy atom. The van der Waals surface area contributed by atoms with Crippen LogP contribution in [0.25, 0.3) is 10.9 Å². The van der Waals surface area contributed by atoms with Crippen molar-refractivity contribution in [2.24, 2.45) is 0 Å². The second-order valence-corrected chi connectivity index (χ2v) is 3.93. The van der Waals surface area contributed by atoms with E-state index in [1.165, 1.54) is 24.9 Å². The standard InChI is InChI=1S/C13H15NO4/c1-17-13(18-2)8-14-11-7-10(15)5-3-9(11)4-6-12(14)16/h3-7,13,15H,8H2,1-2H3. The number of rotatable bonds is 4. The fourth-order valence-electron chi connectivity index (χ4n) is 1.86. The summed E-state index contributed by atoms with van der Waals surface area (Å²) in [6.45, 7) is 0.270. The molecular weight excluding hydrogens is 234 g/mol. The van der Waals surface area contributed by atoms with Crippen LogP contribution < -0.4 is 5.56 Å². The quantitative estimate of drug-likeness (QED) is 0.830. The molecule has 18 heavy (non-hydrogen) atoms. The number of methoxy groups -OCH3 is 2. The van der Waals surface area contributed by atoms with Crippen molar-refractivity contribution in [3.63, 3.8) is 0 Å². The van der Waals surface area contributed by atoms with Crippen LogP contribution in [-0.4, -0.2) is 30.2 Å². The SMILES string of the molecule is COC(Cn1c(=O)ccc2ccc(O)cc21)OC. The van der Waals surface area contributed by atoms with Crippen LogP contribution in [0.3, 0.4) is 0 Å². The minimum atomic E-state index is -0.504. The van der Waals surface area contributed by atoms with Crippen molar-refractivity contribution in [2.45, 2.75) is 12.8 Å². The summed E-state index contributed by atoms with van der Waals surface area (Å²) in [5.74, 6) is 0.119. The molecule has 0 aliphatic rings. The average Bonchev–Trinajstić information content (AvgIpc) is 2.38. The average molecular weight is 249 g/mol. The van der Waals surface area contributed by atoms with Crippen molar-refractivity contribution >= 4 is 10.9 Å². The third-order valence-corrected chi connectivity index (χ3v) is 2.83. The predicted molar refractivity (Wildman–Crippen MR) is 67.7 cm³/mol. The highest BCUT2D eigenvalue weighted by atomic mass is 16.7. The van der Waals surface area contributed by atoms with Crippen molar-refractivity contribution in [3.05, 3.63) is 40.7 Å². The van der Waals surface area contributed by atoms with Crippen LogP contribution >= 0.6 is 0 Å². The Morgan fingerprint density at radius 1 is 1.22 bits per heavy atom. The summed E-state index contributed by atoms with van der Waals surface area (Å²) in [7, 11) is 3.03. The zero-order valence-corrected chi connectivity index (χ0v) is 10.3. The highest BCUT2D eigenvalue weighted by molar-refractivity contribution is 5.80. The number of fused-ring (bicyclic) bond motifs is 1. The fraction of sp³-hybridized carbons (Fsp3) is 0.308. The van der Waals surface area contributed by atoms with Gasteiger partial charge in [0.2, 0.25) is 0 Å². The molecule has 0 radical (unpaired) electrons. The van der Waals surface area contributed by atoms with Gasteiger partial charge in [-0.25, -0.2) is 0 Å². The van der Waals surface area contributed by atoms with E-state index in [1.807, 2.05) is 0 Å². The summed E-state index contributed by atoms with van der Waals surface area (Å²) in [6.07, 6.45) is -0.504. The Kier molecular flexibility index (Phi) is 3.64. The largest absolute Gasteiger partial charge is 0.508 e. The van der Waals surface area contributed by atoms with Gasteiger partial charge >= 0.3 is 0 Å². The van der Waals surface area contributed by atoms with Crippen LogP contribution in [0.2, 0.25) is 0 Å². The number of pyridine rings is 1. The van der Waals surface area contributed by atoms with Gasteiger partial charge in [0, 0.05) is 26.4 Å². The summed E-state index contributed by atoms with van der Waals surface area (Å²) in [5, 5.41) is 10.4. The minimum absolute atomic E-state index is 0.119. The second-order valence-electron chi connectivity index (χ2n) is 3.93. The van der Waals surface area contributed by atoms with Gasteiger partial charge < -0.3 is 19.1 Å². The van der Waals surface area contributed by atoms with Crippen LogP contribution in [0.5, 0.6) is 5.75 Å². The topological polar surface area (TPSA) is 60.7 Å². The highest BCUT2D eigenvalue weighted by Crippen LogP contribution is 2.18. The number of hydrogen-bond acceptors (Lipinski definition) is 4. The normalized spacial score (nSPS) is 11.3. The number of ether oxygens (including phenoxy) is 2. The molecule has 0 fully saturated rings. The summed E-state index contributed by atoms with van der Waals surface area (Å²) in [4.78, 5) is 11.9. The maximum Gasteiger partial charge on any atom is 0.251 e. The highest BCUT2D eigenvalue weighted by Gasteiger charge is 2.10. The zero-order valence-electron chi connectivity index (χ0n) is 10.3. The van der Waals surface area contributed by atoms with Crippen LogP contribution in [-0.2, 0) is 16.0 Å². The van der Waals surface area contributed by atoms with E-state index in [9.17, 15) is 9.90 Å². The van der Waals surface area contributed by atoms with E-state index in [-0.39, 0.29) is 17.9 Å². The predicted octanol–water partition coefficient (Wildman–Crippen LogP) is 1.33. The van der Waals surface area contributed by atoms with Crippen molar-refractivity contribution in [3.8, 4) is 5.75 Å². The number of nitrogens with zero attached hydrogens (tertiary/aromatic N) is 1. The first-order valence-corrected chi connectivity index (χ1v) is 5.54. The van der Waals surface area contributed by atoms with E-state index in [4.69, 9.17) is 9.47 Å². The summed E-state index contributed by atoms with van der Waals surface area (Å²) in [5.41, 5.74) is 0.494. The number of hydrogen-bond donors (Lipinski definition) is 1. The van der Waals surface area contributed by atoms with E-state index in [0.717, 1.165) is 5.39 Å². The van der Waals surface area contributed by atoms with Gasteiger partial charge in [0.15, 0.2) is 6.29 Å². The van der Waals surface area contributed by atoms with Gasteiger partial charge in [0.1, 0.15) is 5.75 Å². The Hall–Kier alpha value is -1.85. The minimum Gasteiger partial charge on any atom is -0.508 e. The second kappa shape index (κ2) is 5.20. The molecule has 0 atom stereocenters. The van der Waals surface area contributed by atoms with Crippen molar-refractivity contribution in [2.75, 3.05) is 14.2 Å². The molecule has 2 aromatic rings. The molecule has 5 heteroatoms. The molecule has 2 rings (SSSR count). The Morgan fingerprint density at radius 3 is 2.56 bits per heavy atom. The van der Waals surface area contributed by atoms with Crippen molar-refractivity contribution in [1.82, 2.24) is 4.57 Å². The number of aromatic hydroxyl groups is 1. The van der Waals surface area contributed by atoms with Gasteiger partial charge in [-0.3, -0.25) is 4.79 Å². The molecule has 0 amide bonds. The molecule has 0 bridgehead atoms. The Labute approximate surface area is 104 Å². The molecule has 1 N–H and O–H groups in total. The molecule has 0 saturated carbocycles. The van der Waals surface area contributed by atoms with E-state index >= 15 is 0 Å².